The highest BCUT2D eigenvalue weighted by Crippen LogP contribution is 2.33. The second-order valence-electron chi connectivity index (χ2n) is 9.49. The first kappa shape index (κ1) is 24.3. The van der Waals surface area contributed by atoms with E-state index >= 15 is 4.39 Å². The number of imidazole rings is 2. The minimum absolute atomic E-state index is 0.0687. The van der Waals surface area contributed by atoms with Crippen LogP contribution in [0.2, 0.25) is 0 Å². The number of benzene rings is 1. The van der Waals surface area contributed by atoms with Crippen molar-refractivity contribution in [3.63, 3.8) is 0 Å². The maximum atomic E-state index is 16.1. The van der Waals surface area contributed by atoms with E-state index < -0.39 is 5.82 Å². The lowest BCUT2D eigenvalue weighted by Gasteiger charge is -2.08. The van der Waals surface area contributed by atoms with Gasteiger partial charge in [0.15, 0.2) is 17.5 Å². The van der Waals surface area contributed by atoms with Crippen LogP contribution in [0.25, 0.3) is 50.5 Å². The van der Waals surface area contributed by atoms with Crippen LogP contribution in [0.1, 0.15) is 11.3 Å². The maximum absolute atomic E-state index is 16.1. The largest absolute Gasteiger partial charge is 0.336 e. The summed E-state index contributed by atoms with van der Waals surface area (Å²) in [6, 6.07) is 12.8. The molecule has 0 spiro atoms. The second kappa shape index (κ2) is 9.75. The fraction of sp³-hybridized carbons (Fsp3) is 0.0690. The van der Waals surface area contributed by atoms with Gasteiger partial charge < -0.3 is 10.3 Å². The number of carbonyl (C=O) groups is 1. The number of amides is 1. The van der Waals surface area contributed by atoms with E-state index in [2.05, 4.69) is 40.4 Å². The zero-order valence-electron chi connectivity index (χ0n) is 21.6. The van der Waals surface area contributed by atoms with Crippen LogP contribution in [0.4, 0.5) is 10.1 Å². The molecule has 0 radical (unpaired) electrons. The summed E-state index contributed by atoms with van der Waals surface area (Å²) in [7, 11) is 0. The Hall–Kier alpha value is -5.78. The monoisotopic (exact) mass is 544 g/mol. The molecule has 0 unspecified atom stereocenters. The molecule has 1 amide bonds. The summed E-state index contributed by atoms with van der Waals surface area (Å²) in [5, 5.41) is 10.2. The number of pyridine rings is 3. The van der Waals surface area contributed by atoms with E-state index in [9.17, 15) is 4.79 Å². The number of hydrogen-bond acceptors (Lipinski definition) is 7. The van der Waals surface area contributed by atoms with Crippen LogP contribution in [0.3, 0.4) is 0 Å². The van der Waals surface area contributed by atoms with E-state index in [1.54, 1.807) is 29.2 Å². The summed E-state index contributed by atoms with van der Waals surface area (Å²) in [5.41, 5.74) is 4.64. The number of nitrogens with zero attached hydrogens (tertiary/aromatic N) is 7. The summed E-state index contributed by atoms with van der Waals surface area (Å²) >= 11 is 0. The SMILES string of the molecule is Cc1cn(-c2nccc3[nH]c(-c4n[nH]c5cnc(-c6cncc(NC(=O)Cc7ccccc7)c6)c(F)c45)nc23)cn1. The number of nitrogens with one attached hydrogen (secondary N) is 3. The van der Waals surface area contributed by atoms with Crippen molar-refractivity contribution in [2.45, 2.75) is 13.3 Å². The van der Waals surface area contributed by atoms with Crippen LogP contribution < -0.4 is 5.32 Å². The highest BCUT2D eigenvalue weighted by molar-refractivity contribution is 5.96. The van der Waals surface area contributed by atoms with Gasteiger partial charge in [0.25, 0.3) is 0 Å². The number of aryl methyl sites for hydroxylation is 1. The third-order valence-corrected chi connectivity index (χ3v) is 6.61. The Bertz CT molecular complexity index is 2060. The topological polar surface area (TPSA) is 143 Å². The number of rotatable bonds is 6. The minimum Gasteiger partial charge on any atom is -0.336 e. The van der Waals surface area contributed by atoms with Crippen LogP contribution in [0.5, 0.6) is 0 Å². The quantitative estimate of drug-likeness (QED) is 0.274. The number of H-pyrrole nitrogens is 2. The van der Waals surface area contributed by atoms with Crippen LogP contribution >= 0.6 is 0 Å². The summed E-state index contributed by atoms with van der Waals surface area (Å²) in [5.74, 6) is 0.157. The first-order valence-electron chi connectivity index (χ1n) is 12.7. The van der Waals surface area contributed by atoms with E-state index in [1.807, 2.05) is 43.5 Å². The maximum Gasteiger partial charge on any atom is 0.228 e. The molecule has 7 rings (SSSR count). The van der Waals surface area contributed by atoms with Gasteiger partial charge in [-0.3, -0.25) is 24.4 Å². The molecule has 11 nitrogen and oxygen atoms in total. The van der Waals surface area contributed by atoms with Gasteiger partial charge in [-0.15, -0.1) is 0 Å². The third-order valence-electron chi connectivity index (χ3n) is 6.61. The summed E-state index contributed by atoms with van der Waals surface area (Å²) in [4.78, 5) is 37.8. The summed E-state index contributed by atoms with van der Waals surface area (Å²) in [6.07, 6.45) is 9.90. The van der Waals surface area contributed by atoms with Gasteiger partial charge in [0.05, 0.1) is 46.6 Å². The lowest BCUT2D eigenvalue weighted by Crippen LogP contribution is -2.14. The van der Waals surface area contributed by atoms with Gasteiger partial charge in [-0.1, -0.05) is 30.3 Å². The molecule has 0 bridgehead atoms. The number of aromatic nitrogens is 9. The molecule has 6 aromatic heterocycles. The van der Waals surface area contributed by atoms with Gasteiger partial charge in [0.1, 0.15) is 23.2 Å². The van der Waals surface area contributed by atoms with Crippen molar-refractivity contribution in [1.82, 2.24) is 44.7 Å². The molecular weight excluding hydrogens is 523 g/mol. The molecule has 0 aliphatic carbocycles. The van der Waals surface area contributed by atoms with E-state index in [-0.39, 0.29) is 23.4 Å². The average molecular weight is 545 g/mol. The van der Waals surface area contributed by atoms with Gasteiger partial charge >= 0.3 is 0 Å². The van der Waals surface area contributed by atoms with Gasteiger partial charge in [-0.25, -0.2) is 19.3 Å². The van der Waals surface area contributed by atoms with Crippen LogP contribution in [0, 0.1) is 12.7 Å². The molecule has 0 aliphatic heterocycles. The molecule has 1 aromatic carbocycles. The van der Waals surface area contributed by atoms with Crippen molar-refractivity contribution in [2.24, 2.45) is 0 Å². The zero-order valence-corrected chi connectivity index (χ0v) is 21.6. The lowest BCUT2D eigenvalue weighted by atomic mass is 10.1. The van der Waals surface area contributed by atoms with E-state index in [0.717, 1.165) is 11.3 Å². The summed E-state index contributed by atoms with van der Waals surface area (Å²) < 4.78 is 17.9. The number of halogens is 1. The third kappa shape index (κ3) is 4.46. The lowest BCUT2D eigenvalue weighted by molar-refractivity contribution is -0.115. The van der Waals surface area contributed by atoms with Crippen molar-refractivity contribution in [3.8, 4) is 28.6 Å². The van der Waals surface area contributed by atoms with Crippen LogP contribution in [-0.2, 0) is 11.2 Å². The number of anilines is 1. The molecule has 7 aromatic rings. The van der Waals surface area contributed by atoms with Crippen molar-refractivity contribution in [2.75, 3.05) is 5.32 Å². The predicted octanol–water partition coefficient (Wildman–Crippen LogP) is 4.77. The standard InChI is InChI=1S/C29H21FN10O/c1-16-14-40(15-34-16)29-26-20(7-8-32-29)36-28(37-26)27-23-21(38-39-27)13-33-25(24(23)30)18-10-19(12-31-11-18)35-22(41)9-17-5-3-2-4-6-17/h2-8,10-15H,9H2,1H3,(H,35,41)(H,36,37)(H,38,39). The van der Waals surface area contributed by atoms with Gasteiger partial charge in [0.2, 0.25) is 5.91 Å². The molecule has 0 saturated carbocycles. The summed E-state index contributed by atoms with van der Waals surface area (Å²) in [6.45, 7) is 1.89. The molecular formula is C29H21FN10O. The van der Waals surface area contributed by atoms with E-state index in [0.29, 0.717) is 45.1 Å². The Labute approximate surface area is 231 Å². The molecule has 0 atom stereocenters. The van der Waals surface area contributed by atoms with Crippen LogP contribution in [-0.4, -0.2) is 50.6 Å². The Morgan fingerprint density at radius 1 is 1.02 bits per heavy atom. The molecule has 200 valence electrons. The average Bonchev–Trinajstić information content (AvgIpc) is 3.72. The molecule has 0 aliphatic rings. The minimum atomic E-state index is -0.593. The van der Waals surface area contributed by atoms with Crippen LogP contribution in [0.15, 0.2) is 79.8 Å². The molecule has 0 saturated heterocycles. The highest BCUT2D eigenvalue weighted by atomic mass is 19.1. The fourth-order valence-corrected chi connectivity index (χ4v) is 4.73. The zero-order chi connectivity index (χ0) is 27.9. The van der Waals surface area contributed by atoms with E-state index in [1.165, 1.54) is 18.6 Å². The van der Waals surface area contributed by atoms with Crippen molar-refractivity contribution >= 4 is 33.5 Å². The van der Waals surface area contributed by atoms with E-state index in [4.69, 9.17) is 4.98 Å². The normalized spacial score (nSPS) is 11.4. The number of carbonyl (C=O) groups excluding carboxylic acids is 1. The Kier molecular flexibility index (Phi) is 5.78. The van der Waals surface area contributed by atoms with Crippen molar-refractivity contribution in [1.29, 1.82) is 0 Å². The Morgan fingerprint density at radius 3 is 2.73 bits per heavy atom. The molecule has 12 heteroatoms. The smallest absolute Gasteiger partial charge is 0.228 e. The number of aromatic amines is 2. The molecule has 41 heavy (non-hydrogen) atoms. The first-order chi connectivity index (χ1) is 20.0. The number of hydrogen-bond donors (Lipinski definition) is 3. The van der Waals surface area contributed by atoms with Gasteiger partial charge in [-0.05, 0) is 24.6 Å². The Balaban J connectivity index is 1.24. The fourth-order valence-electron chi connectivity index (χ4n) is 4.73. The molecule has 0 fully saturated rings. The van der Waals surface area contributed by atoms with Crippen molar-refractivity contribution < 1.29 is 9.18 Å². The first-order valence-corrected chi connectivity index (χ1v) is 12.7. The molecule has 3 N–H and O–H groups in total. The second-order valence-corrected chi connectivity index (χ2v) is 9.49. The molecule has 6 heterocycles. The van der Waals surface area contributed by atoms with Crippen molar-refractivity contribution in [3.05, 3.63) is 96.9 Å². The predicted molar refractivity (Wildman–Crippen MR) is 151 cm³/mol. The van der Waals surface area contributed by atoms with Gasteiger partial charge in [0, 0.05) is 24.2 Å². The highest BCUT2D eigenvalue weighted by Gasteiger charge is 2.22. The Morgan fingerprint density at radius 2 is 1.90 bits per heavy atom. The van der Waals surface area contributed by atoms with Gasteiger partial charge in [-0.2, -0.15) is 5.10 Å². The number of fused-ring (bicyclic) bond motifs is 2.